The number of hydrogen-bond donors (Lipinski definition) is 1. The molecule has 0 amide bonds. The van der Waals surface area contributed by atoms with Crippen LogP contribution in [0.3, 0.4) is 0 Å². The lowest BCUT2D eigenvalue weighted by molar-refractivity contribution is -0.145. The Balaban J connectivity index is 4.14. The third-order valence-electron chi connectivity index (χ3n) is 1.73. The Labute approximate surface area is 82.6 Å². The molecule has 5 heteroatoms. The van der Waals surface area contributed by atoms with Gasteiger partial charge in [0.15, 0.2) is 0 Å². The van der Waals surface area contributed by atoms with Crippen LogP contribution in [0.4, 0.5) is 8.78 Å². The van der Waals surface area contributed by atoms with E-state index in [1.807, 2.05) is 0 Å². The van der Waals surface area contributed by atoms with E-state index in [1.54, 1.807) is 13.8 Å². The number of esters is 1. The highest BCUT2D eigenvalue weighted by Gasteiger charge is 2.34. The lowest BCUT2D eigenvalue weighted by Crippen LogP contribution is -2.38. The molecule has 2 N–H and O–H groups in total. The van der Waals surface area contributed by atoms with Gasteiger partial charge in [-0.25, -0.2) is 8.78 Å². The predicted molar refractivity (Wildman–Crippen MR) is 49.0 cm³/mol. The third-order valence-corrected chi connectivity index (χ3v) is 1.73. The minimum Gasteiger partial charge on any atom is -0.468 e. The molecule has 3 nitrogen and oxygen atoms in total. The Kier molecular flexibility index (Phi) is 4.97. The number of methoxy groups -OCH3 is 1. The lowest BCUT2D eigenvalue weighted by Gasteiger charge is -2.20. The molecule has 0 aliphatic rings. The third kappa shape index (κ3) is 5.11. The summed E-state index contributed by atoms with van der Waals surface area (Å²) >= 11 is 0. The average molecular weight is 209 g/mol. The number of nitrogens with two attached hydrogens (primary N) is 1. The van der Waals surface area contributed by atoms with Gasteiger partial charge in [0.2, 0.25) is 0 Å². The van der Waals surface area contributed by atoms with E-state index in [0.29, 0.717) is 0 Å². The van der Waals surface area contributed by atoms with Crippen LogP contribution in [0.2, 0.25) is 0 Å². The maximum Gasteiger partial charge on any atom is 0.322 e. The first-order valence-electron chi connectivity index (χ1n) is 4.49. The van der Waals surface area contributed by atoms with Crippen molar-refractivity contribution in [1.29, 1.82) is 0 Å². The standard InChI is InChI=1S/C9H17F2NO2/c1-6(2)4-9(10,11)5-7(12)8(13)14-3/h6-7H,4-5,12H2,1-3H3. The zero-order valence-corrected chi connectivity index (χ0v) is 8.72. The summed E-state index contributed by atoms with van der Waals surface area (Å²) in [5.41, 5.74) is 5.24. The van der Waals surface area contributed by atoms with Crippen molar-refractivity contribution in [2.75, 3.05) is 7.11 Å². The van der Waals surface area contributed by atoms with Crippen molar-refractivity contribution < 1.29 is 18.3 Å². The fraction of sp³-hybridized carbons (Fsp3) is 0.889. The van der Waals surface area contributed by atoms with E-state index >= 15 is 0 Å². The highest BCUT2D eigenvalue weighted by atomic mass is 19.3. The molecule has 0 saturated heterocycles. The second-order valence-corrected chi connectivity index (χ2v) is 3.79. The maximum atomic E-state index is 13.1. The Morgan fingerprint density at radius 1 is 1.43 bits per heavy atom. The first-order valence-corrected chi connectivity index (χ1v) is 4.49. The van der Waals surface area contributed by atoms with E-state index in [9.17, 15) is 13.6 Å². The molecule has 0 aliphatic carbocycles. The van der Waals surface area contributed by atoms with Crippen LogP contribution in [0.25, 0.3) is 0 Å². The van der Waals surface area contributed by atoms with Crippen LogP contribution in [0.1, 0.15) is 26.7 Å². The number of halogens is 2. The summed E-state index contributed by atoms with van der Waals surface area (Å²) in [6.45, 7) is 3.38. The van der Waals surface area contributed by atoms with Gasteiger partial charge >= 0.3 is 5.97 Å². The molecule has 84 valence electrons. The molecular formula is C9H17F2NO2. The van der Waals surface area contributed by atoms with Gasteiger partial charge in [0.1, 0.15) is 6.04 Å². The molecule has 1 atom stereocenters. The fourth-order valence-electron chi connectivity index (χ4n) is 1.24. The monoisotopic (exact) mass is 209 g/mol. The van der Waals surface area contributed by atoms with Crippen molar-refractivity contribution in [2.45, 2.75) is 38.7 Å². The highest BCUT2D eigenvalue weighted by molar-refractivity contribution is 5.75. The van der Waals surface area contributed by atoms with Crippen LogP contribution in [0.5, 0.6) is 0 Å². The normalized spacial score (nSPS) is 14.2. The molecule has 0 aromatic carbocycles. The molecule has 0 rings (SSSR count). The molecule has 0 spiro atoms. The Bertz CT molecular complexity index is 195. The molecule has 0 fully saturated rings. The summed E-state index contributed by atoms with van der Waals surface area (Å²) in [6, 6.07) is -1.24. The largest absolute Gasteiger partial charge is 0.468 e. The summed E-state index contributed by atoms with van der Waals surface area (Å²) in [5.74, 6) is -3.83. The quantitative estimate of drug-likeness (QED) is 0.699. The molecule has 14 heavy (non-hydrogen) atoms. The molecule has 0 radical (unpaired) electrons. The molecule has 0 aliphatic heterocycles. The Hall–Kier alpha value is -0.710. The number of carbonyl (C=O) groups excluding carboxylic acids is 1. The van der Waals surface area contributed by atoms with Gasteiger partial charge in [-0.15, -0.1) is 0 Å². The molecule has 0 heterocycles. The van der Waals surface area contributed by atoms with Crippen molar-refractivity contribution >= 4 is 5.97 Å². The zero-order chi connectivity index (χ0) is 11.4. The second-order valence-electron chi connectivity index (χ2n) is 3.79. The van der Waals surface area contributed by atoms with Gasteiger partial charge in [0.25, 0.3) is 5.92 Å². The van der Waals surface area contributed by atoms with E-state index in [2.05, 4.69) is 4.74 Å². The maximum absolute atomic E-state index is 13.1. The molecule has 0 saturated carbocycles. The van der Waals surface area contributed by atoms with Gasteiger partial charge in [-0.3, -0.25) is 4.79 Å². The van der Waals surface area contributed by atoms with E-state index in [0.717, 1.165) is 7.11 Å². The number of ether oxygens (including phenoxy) is 1. The Morgan fingerprint density at radius 3 is 2.29 bits per heavy atom. The minimum atomic E-state index is -2.90. The molecule has 0 aromatic heterocycles. The topological polar surface area (TPSA) is 52.3 Å². The van der Waals surface area contributed by atoms with Crippen LogP contribution >= 0.6 is 0 Å². The molecule has 0 bridgehead atoms. The van der Waals surface area contributed by atoms with Gasteiger partial charge in [-0.1, -0.05) is 13.8 Å². The van der Waals surface area contributed by atoms with Crippen molar-refractivity contribution in [3.05, 3.63) is 0 Å². The first kappa shape index (κ1) is 13.3. The summed E-state index contributed by atoms with van der Waals surface area (Å²) in [5, 5.41) is 0. The number of alkyl halides is 2. The smallest absolute Gasteiger partial charge is 0.322 e. The SMILES string of the molecule is COC(=O)C(N)CC(F)(F)CC(C)C. The predicted octanol–water partition coefficient (Wildman–Crippen LogP) is 1.56. The van der Waals surface area contributed by atoms with E-state index in [-0.39, 0.29) is 12.3 Å². The van der Waals surface area contributed by atoms with Crippen LogP contribution in [-0.4, -0.2) is 25.0 Å². The van der Waals surface area contributed by atoms with Crippen molar-refractivity contribution in [1.82, 2.24) is 0 Å². The van der Waals surface area contributed by atoms with Gasteiger partial charge in [0, 0.05) is 12.8 Å². The van der Waals surface area contributed by atoms with Crippen LogP contribution in [-0.2, 0) is 9.53 Å². The van der Waals surface area contributed by atoms with E-state index < -0.39 is 24.4 Å². The van der Waals surface area contributed by atoms with Crippen LogP contribution in [0, 0.1) is 5.92 Å². The number of hydrogen-bond acceptors (Lipinski definition) is 3. The lowest BCUT2D eigenvalue weighted by atomic mass is 9.99. The summed E-state index contributed by atoms with van der Waals surface area (Å²) in [7, 11) is 1.13. The zero-order valence-electron chi connectivity index (χ0n) is 8.72. The summed E-state index contributed by atoms with van der Waals surface area (Å²) < 4.78 is 30.5. The fourth-order valence-corrected chi connectivity index (χ4v) is 1.24. The number of rotatable bonds is 5. The summed E-state index contributed by atoms with van der Waals surface area (Å²) in [6.07, 6.45) is -0.921. The first-order chi connectivity index (χ1) is 6.28. The molecule has 1 unspecified atom stereocenters. The van der Waals surface area contributed by atoms with Gasteiger partial charge in [-0.05, 0) is 5.92 Å². The molecular weight excluding hydrogens is 192 g/mol. The van der Waals surface area contributed by atoms with Crippen molar-refractivity contribution in [2.24, 2.45) is 11.7 Å². The average Bonchev–Trinajstić information content (AvgIpc) is 1.99. The van der Waals surface area contributed by atoms with Crippen LogP contribution in [0.15, 0.2) is 0 Å². The van der Waals surface area contributed by atoms with E-state index in [4.69, 9.17) is 5.73 Å². The molecule has 0 aromatic rings. The van der Waals surface area contributed by atoms with Gasteiger partial charge < -0.3 is 10.5 Å². The van der Waals surface area contributed by atoms with Crippen molar-refractivity contribution in [3.8, 4) is 0 Å². The van der Waals surface area contributed by atoms with Crippen molar-refractivity contribution in [3.63, 3.8) is 0 Å². The Morgan fingerprint density at radius 2 is 1.93 bits per heavy atom. The highest BCUT2D eigenvalue weighted by Crippen LogP contribution is 2.28. The van der Waals surface area contributed by atoms with Crippen LogP contribution < -0.4 is 5.73 Å². The number of carbonyl (C=O) groups is 1. The van der Waals surface area contributed by atoms with Gasteiger partial charge in [0.05, 0.1) is 7.11 Å². The summed E-state index contributed by atoms with van der Waals surface area (Å²) in [4.78, 5) is 10.8. The second kappa shape index (κ2) is 5.24. The van der Waals surface area contributed by atoms with Gasteiger partial charge in [-0.2, -0.15) is 0 Å². The van der Waals surface area contributed by atoms with E-state index in [1.165, 1.54) is 0 Å². The minimum absolute atomic E-state index is 0.130.